The molecule has 2 aromatic carbocycles. The molecular formula is C23H32N2O2. The van der Waals surface area contributed by atoms with Crippen molar-refractivity contribution in [2.24, 2.45) is 5.92 Å². The standard InChI is InChI=1S/C21H26N2O2.C2H6/c1-14-7-18(8-15(2)16(14)3)10-22-20-6-4-5-17(9-20)11-23-12-19(13-23)21(24)25;1-2/h4-9,19,22H,10-13H2,1-3H3,(H,24,25);1-2H3. The molecule has 3 rings (SSSR count). The van der Waals surface area contributed by atoms with Crippen LogP contribution in [0.4, 0.5) is 5.69 Å². The second-order valence-electron chi connectivity index (χ2n) is 7.14. The van der Waals surface area contributed by atoms with Crippen molar-refractivity contribution in [3.8, 4) is 0 Å². The van der Waals surface area contributed by atoms with Gasteiger partial charge in [-0.15, -0.1) is 0 Å². The molecule has 0 aliphatic carbocycles. The first-order chi connectivity index (χ1) is 12.9. The van der Waals surface area contributed by atoms with Gasteiger partial charge in [0.25, 0.3) is 0 Å². The number of nitrogens with zero attached hydrogens (tertiary/aromatic N) is 1. The minimum atomic E-state index is -0.685. The van der Waals surface area contributed by atoms with Gasteiger partial charge in [0.15, 0.2) is 0 Å². The molecular weight excluding hydrogens is 336 g/mol. The maximum atomic E-state index is 10.9. The van der Waals surface area contributed by atoms with Crippen LogP contribution in [0.3, 0.4) is 0 Å². The van der Waals surface area contributed by atoms with Crippen LogP contribution < -0.4 is 5.32 Å². The first-order valence-corrected chi connectivity index (χ1v) is 9.77. The molecule has 4 heteroatoms. The van der Waals surface area contributed by atoms with Crippen LogP contribution in [0.15, 0.2) is 36.4 Å². The van der Waals surface area contributed by atoms with Gasteiger partial charge in [0.1, 0.15) is 0 Å². The minimum Gasteiger partial charge on any atom is -0.481 e. The molecule has 0 radical (unpaired) electrons. The van der Waals surface area contributed by atoms with Gasteiger partial charge >= 0.3 is 5.97 Å². The first-order valence-electron chi connectivity index (χ1n) is 9.77. The van der Waals surface area contributed by atoms with Crippen LogP contribution in [0.25, 0.3) is 0 Å². The number of hydrogen-bond acceptors (Lipinski definition) is 3. The molecule has 1 fully saturated rings. The third-order valence-corrected chi connectivity index (χ3v) is 5.12. The molecule has 0 spiro atoms. The molecule has 0 unspecified atom stereocenters. The number of hydrogen-bond donors (Lipinski definition) is 2. The van der Waals surface area contributed by atoms with Gasteiger partial charge < -0.3 is 10.4 Å². The maximum Gasteiger partial charge on any atom is 0.309 e. The summed E-state index contributed by atoms with van der Waals surface area (Å²) in [5.41, 5.74) is 7.62. The number of aryl methyl sites for hydroxylation is 2. The zero-order chi connectivity index (χ0) is 20.0. The lowest BCUT2D eigenvalue weighted by atomic mass is 9.99. The Morgan fingerprint density at radius 2 is 1.70 bits per heavy atom. The summed E-state index contributed by atoms with van der Waals surface area (Å²) in [4.78, 5) is 13.1. The molecule has 1 aliphatic rings. The fourth-order valence-corrected chi connectivity index (χ4v) is 3.32. The van der Waals surface area contributed by atoms with Gasteiger partial charge in [0.05, 0.1) is 5.92 Å². The summed E-state index contributed by atoms with van der Waals surface area (Å²) in [6.07, 6.45) is 0. The van der Waals surface area contributed by atoms with Crippen LogP contribution in [0.2, 0.25) is 0 Å². The van der Waals surface area contributed by atoms with Crippen molar-refractivity contribution >= 4 is 11.7 Å². The van der Waals surface area contributed by atoms with Crippen LogP contribution in [-0.2, 0) is 17.9 Å². The van der Waals surface area contributed by atoms with Gasteiger partial charge in [-0.3, -0.25) is 9.69 Å². The highest BCUT2D eigenvalue weighted by Crippen LogP contribution is 2.21. The summed E-state index contributed by atoms with van der Waals surface area (Å²) >= 11 is 0. The van der Waals surface area contributed by atoms with Gasteiger partial charge in [-0.2, -0.15) is 0 Å². The molecule has 0 bridgehead atoms. The van der Waals surface area contributed by atoms with Crippen LogP contribution in [-0.4, -0.2) is 29.1 Å². The molecule has 0 atom stereocenters. The Labute approximate surface area is 163 Å². The fourth-order valence-electron chi connectivity index (χ4n) is 3.32. The van der Waals surface area contributed by atoms with E-state index in [0.29, 0.717) is 13.1 Å². The van der Waals surface area contributed by atoms with Gasteiger partial charge in [0.2, 0.25) is 0 Å². The predicted molar refractivity (Wildman–Crippen MR) is 112 cm³/mol. The van der Waals surface area contributed by atoms with E-state index >= 15 is 0 Å². The Kier molecular flexibility index (Phi) is 7.43. The lowest BCUT2D eigenvalue weighted by Crippen LogP contribution is -2.49. The van der Waals surface area contributed by atoms with E-state index in [1.807, 2.05) is 13.8 Å². The summed E-state index contributed by atoms with van der Waals surface area (Å²) in [6.45, 7) is 13.4. The smallest absolute Gasteiger partial charge is 0.309 e. The summed E-state index contributed by atoms with van der Waals surface area (Å²) in [6, 6.07) is 12.9. The van der Waals surface area contributed by atoms with Crippen LogP contribution >= 0.6 is 0 Å². The molecule has 0 amide bonds. The third-order valence-electron chi connectivity index (χ3n) is 5.12. The van der Waals surface area contributed by atoms with Crippen LogP contribution in [0, 0.1) is 26.7 Å². The second kappa shape index (κ2) is 9.56. The molecule has 1 heterocycles. The summed E-state index contributed by atoms with van der Waals surface area (Å²) in [7, 11) is 0. The van der Waals surface area contributed by atoms with Crippen LogP contribution in [0.1, 0.15) is 41.7 Å². The van der Waals surface area contributed by atoms with E-state index in [4.69, 9.17) is 5.11 Å². The number of carboxylic acid groups (broad SMARTS) is 1. The van der Waals surface area contributed by atoms with E-state index in [9.17, 15) is 4.79 Å². The Morgan fingerprint density at radius 3 is 2.30 bits per heavy atom. The third kappa shape index (κ3) is 5.57. The average Bonchev–Trinajstić information content (AvgIpc) is 2.62. The van der Waals surface area contributed by atoms with E-state index in [1.165, 1.54) is 27.8 Å². The number of carboxylic acids is 1. The Hall–Kier alpha value is -2.33. The first kappa shape index (κ1) is 21.0. The van der Waals surface area contributed by atoms with E-state index in [2.05, 4.69) is 67.4 Å². The highest BCUT2D eigenvalue weighted by atomic mass is 16.4. The van der Waals surface area contributed by atoms with Crippen molar-refractivity contribution in [2.75, 3.05) is 18.4 Å². The van der Waals surface area contributed by atoms with Gasteiger partial charge in [-0.25, -0.2) is 0 Å². The molecule has 0 saturated carbocycles. The maximum absolute atomic E-state index is 10.9. The monoisotopic (exact) mass is 368 g/mol. The van der Waals surface area contributed by atoms with Gasteiger partial charge in [-0.05, 0) is 60.7 Å². The molecule has 1 aliphatic heterocycles. The number of benzene rings is 2. The Bertz CT molecular complexity index is 757. The van der Waals surface area contributed by atoms with Gasteiger partial charge in [0, 0.05) is 31.9 Å². The Morgan fingerprint density at radius 1 is 1.07 bits per heavy atom. The highest BCUT2D eigenvalue weighted by Gasteiger charge is 2.32. The van der Waals surface area contributed by atoms with E-state index in [1.54, 1.807) is 0 Å². The van der Waals surface area contributed by atoms with Crippen molar-refractivity contribution < 1.29 is 9.90 Å². The van der Waals surface area contributed by atoms with Crippen LogP contribution in [0.5, 0.6) is 0 Å². The molecule has 27 heavy (non-hydrogen) atoms. The lowest BCUT2D eigenvalue weighted by molar-refractivity contribution is -0.147. The quantitative estimate of drug-likeness (QED) is 0.771. The number of nitrogens with one attached hydrogen (secondary N) is 1. The predicted octanol–water partition coefficient (Wildman–Crippen LogP) is 4.77. The molecule has 2 N–H and O–H groups in total. The second-order valence-corrected chi connectivity index (χ2v) is 7.14. The lowest BCUT2D eigenvalue weighted by Gasteiger charge is -2.36. The van der Waals surface area contributed by atoms with E-state index in [-0.39, 0.29) is 5.92 Å². The molecule has 4 nitrogen and oxygen atoms in total. The summed E-state index contributed by atoms with van der Waals surface area (Å²) < 4.78 is 0. The highest BCUT2D eigenvalue weighted by molar-refractivity contribution is 5.71. The summed E-state index contributed by atoms with van der Waals surface area (Å²) in [5, 5.41) is 12.5. The zero-order valence-corrected chi connectivity index (χ0v) is 17.2. The van der Waals surface area contributed by atoms with E-state index < -0.39 is 5.97 Å². The number of rotatable bonds is 6. The number of carbonyl (C=O) groups is 1. The van der Waals surface area contributed by atoms with Crippen molar-refractivity contribution in [1.29, 1.82) is 0 Å². The van der Waals surface area contributed by atoms with Crippen molar-refractivity contribution in [3.63, 3.8) is 0 Å². The normalized spacial score (nSPS) is 14.1. The number of aliphatic carboxylic acids is 1. The largest absolute Gasteiger partial charge is 0.481 e. The zero-order valence-electron chi connectivity index (χ0n) is 17.2. The SMILES string of the molecule is CC.Cc1cc(CNc2cccc(CN3CC(C(=O)O)C3)c2)cc(C)c1C. The Balaban J connectivity index is 0.00000126. The van der Waals surface area contributed by atoms with Crippen molar-refractivity contribution in [3.05, 3.63) is 64.2 Å². The topological polar surface area (TPSA) is 52.6 Å². The number of anilines is 1. The molecule has 1 saturated heterocycles. The van der Waals surface area contributed by atoms with Gasteiger partial charge in [-0.1, -0.05) is 38.1 Å². The fraction of sp³-hybridized carbons (Fsp3) is 0.435. The van der Waals surface area contributed by atoms with Crippen molar-refractivity contribution in [1.82, 2.24) is 4.90 Å². The minimum absolute atomic E-state index is 0.200. The molecule has 0 aromatic heterocycles. The molecule has 146 valence electrons. The molecule has 2 aromatic rings. The average molecular weight is 369 g/mol. The van der Waals surface area contributed by atoms with Crippen molar-refractivity contribution in [2.45, 2.75) is 47.7 Å². The number of likely N-dealkylation sites (tertiary alicyclic amines) is 1. The van der Waals surface area contributed by atoms with E-state index in [0.717, 1.165) is 18.8 Å². The summed E-state index contributed by atoms with van der Waals surface area (Å²) in [5.74, 6) is -0.885.